The van der Waals surface area contributed by atoms with Gasteiger partial charge >= 0.3 is 6.03 Å². The minimum atomic E-state index is -0.772. The predicted molar refractivity (Wildman–Crippen MR) is 138 cm³/mol. The fourth-order valence-corrected chi connectivity index (χ4v) is 3.87. The normalized spacial score (nSPS) is 14.7. The van der Waals surface area contributed by atoms with Gasteiger partial charge in [-0.05, 0) is 74.2 Å². The third-order valence-electron chi connectivity index (χ3n) is 6.01. The molecule has 1 aliphatic heterocycles. The van der Waals surface area contributed by atoms with Crippen LogP contribution in [0.15, 0.2) is 66.2 Å². The summed E-state index contributed by atoms with van der Waals surface area (Å²) in [4.78, 5) is 39.5. The van der Waals surface area contributed by atoms with E-state index in [0.717, 1.165) is 21.6 Å². The Morgan fingerprint density at radius 2 is 1.64 bits per heavy atom. The van der Waals surface area contributed by atoms with Crippen molar-refractivity contribution in [3.05, 3.63) is 94.1 Å². The summed E-state index contributed by atoms with van der Waals surface area (Å²) < 4.78 is 11.7. The van der Waals surface area contributed by atoms with Crippen molar-refractivity contribution in [1.82, 2.24) is 5.32 Å². The van der Waals surface area contributed by atoms with Crippen LogP contribution in [0.1, 0.15) is 34.7 Å². The van der Waals surface area contributed by atoms with Gasteiger partial charge < -0.3 is 9.47 Å². The van der Waals surface area contributed by atoms with Gasteiger partial charge in [0.15, 0.2) is 11.5 Å². The highest BCUT2D eigenvalue weighted by Gasteiger charge is 2.37. The highest BCUT2D eigenvalue weighted by Crippen LogP contribution is 2.31. The van der Waals surface area contributed by atoms with Crippen molar-refractivity contribution in [1.29, 1.82) is 0 Å². The molecule has 4 amide bonds. The first kappa shape index (κ1) is 24.7. The molecule has 0 saturated carbocycles. The quantitative estimate of drug-likeness (QED) is 0.365. The van der Waals surface area contributed by atoms with Crippen LogP contribution in [-0.4, -0.2) is 24.5 Å². The highest BCUT2D eigenvalue weighted by atomic mass is 16.5. The van der Waals surface area contributed by atoms with Crippen molar-refractivity contribution >= 4 is 29.6 Å². The molecule has 1 saturated heterocycles. The van der Waals surface area contributed by atoms with Crippen molar-refractivity contribution < 1.29 is 23.9 Å². The summed E-state index contributed by atoms with van der Waals surface area (Å²) in [5, 5.41) is 2.27. The summed E-state index contributed by atoms with van der Waals surface area (Å²) in [6.45, 7) is 8.39. The molecular weight excluding hydrogens is 456 g/mol. The number of anilines is 1. The van der Waals surface area contributed by atoms with Gasteiger partial charge in [-0.25, -0.2) is 9.69 Å². The van der Waals surface area contributed by atoms with Crippen LogP contribution in [0.2, 0.25) is 0 Å². The molecule has 1 N–H and O–H groups in total. The summed E-state index contributed by atoms with van der Waals surface area (Å²) in [5.41, 5.74) is 4.76. The minimum Gasteiger partial charge on any atom is -0.490 e. The van der Waals surface area contributed by atoms with Gasteiger partial charge in [0.05, 0.1) is 12.3 Å². The largest absolute Gasteiger partial charge is 0.490 e. The number of ether oxygens (including phenoxy) is 2. The van der Waals surface area contributed by atoms with E-state index >= 15 is 0 Å². The molecule has 7 heteroatoms. The van der Waals surface area contributed by atoms with Gasteiger partial charge in [0.2, 0.25) is 0 Å². The Bertz CT molecular complexity index is 1360. The molecule has 7 nitrogen and oxygen atoms in total. The summed E-state index contributed by atoms with van der Waals surface area (Å²) in [5.74, 6) is -0.393. The lowest BCUT2D eigenvalue weighted by Crippen LogP contribution is -2.54. The number of nitrogens with one attached hydrogen (secondary N) is 1. The van der Waals surface area contributed by atoms with Crippen molar-refractivity contribution in [3.63, 3.8) is 0 Å². The second-order valence-electron chi connectivity index (χ2n) is 8.59. The Kier molecular flexibility index (Phi) is 7.20. The molecule has 1 heterocycles. The maximum atomic E-state index is 13.3. The number of imide groups is 2. The van der Waals surface area contributed by atoms with Gasteiger partial charge in [0.1, 0.15) is 12.2 Å². The van der Waals surface area contributed by atoms with Crippen LogP contribution in [0, 0.1) is 20.8 Å². The molecule has 3 aromatic rings. The van der Waals surface area contributed by atoms with E-state index in [0.29, 0.717) is 36.0 Å². The molecule has 4 rings (SSSR count). The molecule has 1 aliphatic rings. The minimum absolute atomic E-state index is 0.147. The maximum absolute atomic E-state index is 13.3. The van der Waals surface area contributed by atoms with Gasteiger partial charge in [-0.15, -0.1) is 0 Å². The lowest BCUT2D eigenvalue weighted by molar-refractivity contribution is -0.122. The molecule has 1 fully saturated rings. The smallest absolute Gasteiger partial charge is 0.335 e. The first-order chi connectivity index (χ1) is 17.3. The van der Waals surface area contributed by atoms with E-state index in [9.17, 15) is 14.4 Å². The molecule has 3 aromatic carbocycles. The average molecular weight is 485 g/mol. The Balaban J connectivity index is 1.63. The summed E-state index contributed by atoms with van der Waals surface area (Å²) >= 11 is 0. The van der Waals surface area contributed by atoms with E-state index in [-0.39, 0.29) is 5.57 Å². The number of urea groups is 1. The molecule has 0 spiro atoms. The van der Waals surface area contributed by atoms with Crippen molar-refractivity contribution in [2.45, 2.75) is 34.3 Å². The SMILES string of the molecule is CCOc1cc(/C=C2\C(=O)NC(=O)N(c3cccc(C)c3C)C2=O)ccc1OCc1ccc(C)cc1. The Hall–Kier alpha value is -4.39. The number of carbonyl (C=O) groups is 3. The second kappa shape index (κ2) is 10.5. The Labute approximate surface area is 210 Å². The molecule has 0 aromatic heterocycles. The molecule has 184 valence electrons. The van der Waals surface area contributed by atoms with E-state index in [1.165, 1.54) is 11.6 Å². The van der Waals surface area contributed by atoms with Crippen LogP contribution >= 0.6 is 0 Å². The number of nitrogens with zero attached hydrogens (tertiary/aromatic N) is 1. The maximum Gasteiger partial charge on any atom is 0.335 e. The number of benzene rings is 3. The van der Waals surface area contributed by atoms with Gasteiger partial charge in [0, 0.05) is 0 Å². The Morgan fingerprint density at radius 3 is 2.36 bits per heavy atom. The molecular formula is C29H28N2O5. The van der Waals surface area contributed by atoms with Crippen LogP contribution in [0.3, 0.4) is 0 Å². The monoisotopic (exact) mass is 484 g/mol. The molecule has 0 radical (unpaired) electrons. The summed E-state index contributed by atoms with van der Waals surface area (Å²) in [6.07, 6.45) is 1.45. The highest BCUT2D eigenvalue weighted by molar-refractivity contribution is 6.39. The van der Waals surface area contributed by atoms with Gasteiger partial charge in [-0.3, -0.25) is 14.9 Å². The topological polar surface area (TPSA) is 84.9 Å². The van der Waals surface area contributed by atoms with Gasteiger partial charge in [0.25, 0.3) is 11.8 Å². The fourth-order valence-electron chi connectivity index (χ4n) is 3.87. The zero-order valence-corrected chi connectivity index (χ0v) is 20.8. The average Bonchev–Trinajstić information content (AvgIpc) is 2.85. The van der Waals surface area contributed by atoms with Crippen LogP contribution in [0.4, 0.5) is 10.5 Å². The van der Waals surface area contributed by atoms with Crippen molar-refractivity contribution in [2.24, 2.45) is 0 Å². The van der Waals surface area contributed by atoms with Gasteiger partial charge in [-0.1, -0.05) is 48.0 Å². The predicted octanol–water partition coefficient (Wildman–Crippen LogP) is 5.26. The zero-order chi connectivity index (χ0) is 25.8. The molecule has 36 heavy (non-hydrogen) atoms. The number of hydrogen-bond donors (Lipinski definition) is 1. The number of carbonyl (C=O) groups excluding carboxylic acids is 3. The van der Waals surface area contributed by atoms with E-state index in [2.05, 4.69) is 5.32 Å². The summed E-state index contributed by atoms with van der Waals surface area (Å²) in [7, 11) is 0. The van der Waals surface area contributed by atoms with Crippen LogP contribution in [0.25, 0.3) is 6.08 Å². The molecule has 0 atom stereocenters. The van der Waals surface area contributed by atoms with Gasteiger partial charge in [-0.2, -0.15) is 0 Å². The molecule has 0 unspecified atom stereocenters. The first-order valence-corrected chi connectivity index (χ1v) is 11.7. The van der Waals surface area contributed by atoms with Crippen LogP contribution in [0.5, 0.6) is 11.5 Å². The lowest BCUT2D eigenvalue weighted by atomic mass is 10.0. The first-order valence-electron chi connectivity index (χ1n) is 11.7. The van der Waals surface area contributed by atoms with E-state index < -0.39 is 17.8 Å². The van der Waals surface area contributed by atoms with Crippen molar-refractivity contribution in [2.75, 3.05) is 11.5 Å². The number of amides is 4. The fraction of sp³-hybridized carbons (Fsp3) is 0.207. The number of barbiturate groups is 1. The van der Waals surface area contributed by atoms with Crippen LogP contribution < -0.4 is 19.7 Å². The third-order valence-corrected chi connectivity index (χ3v) is 6.01. The van der Waals surface area contributed by atoms with E-state index in [1.807, 2.05) is 58.0 Å². The number of rotatable bonds is 7. The third kappa shape index (κ3) is 5.15. The van der Waals surface area contributed by atoms with Crippen LogP contribution in [-0.2, 0) is 16.2 Å². The van der Waals surface area contributed by atoms with E-state index in [4.69, 9.17) is 9.47 Å². The molecule has 0 bridgehead atoms. The van der Waals surface area contributed by atoms with Crippen molar-refractivity contribution in [3.8, 4) is 11.5 Å². The zero-order valence-electron chi connectivity index (χ0n) is 20.8. The number of aryl methyl sites for hydroxylation is 2. The lowest BCUT2D eigenvalue weighted by Gasteiger charge is -2.28. The van der Waals surface area contributed by atoms with E-state index in [1.54, 1.807) is 30.3 Å². The standard InChI is InChI=1S/C29H28N2O5/c1-5-35-26-16-22(13-14-25(26)36-17-21-11-9-18(2)10-12-21)15-23-27(32)30-29(34)31(28(23)33)24-8-6-7-19(3)20(24)4/h6-16H,5,17H2,1-4H3,(H,30,32,34)/b23-15+. The molecule has 0 aliphatic carbocycles. The number of hydrogen-bond acceptors (Lipinski definition) is 5. The second-order valence-corrected chi connectivity index (χ2v) is 8.59. The summed E-state index contributed by atoms with van der Waals surface area (Å²) in [6, 6.07) is 17.8. The Morgan fingerprint density at radius 1 is 0.889 bits per heavy atom.